The standard InChI is InChI=1S/C27H33ClN10O2/c1-27(2,3)38-25-20(24(30)32-15-33-25)22(36-38)23-21(28)17-5-4-16(14-18(17)34-23)26(39)35-19(29)6-7-31-8-9-37-10-12-40-13-11-37/h4-7,14-15,31,34H,8-13H2,1-3H3,(H2,29,35,39)(H2,30,32,33)/b7-6-. The van der Waals surface area contributed by atoms with Gasteiger partial charge in [-0.05, 0) is 39.0 Å². The van der Waals surface area contributed by atoms with Crippen LogP contribution >= 0.6 is 11.6 Å². The lowest BCUT2D eigenvalue weighted by atomic mass is 10.1. The molecular weight excluding hydrogens is 532 g/mol. The highest BCUT2D eigenvalue weighted by Crippen LogP contribution is 2.39. The van der Waals surface area contributed by atoms with E-state index in [9.17, 15) is 4.79 Å². The van der Waals surface area contributed by atoms with Crippen LogP contribution in [0.3, 0.4) is 0 Å². The topological polar surface area (TPSA) is 163 Å². The molecule has 1 aliphatic heterocycles. The lowest BCUT2D eigenvalue weighted by molar-refractivity contribution is 0.0388. The maximum atomic E-state index is 12.9. The highest BCUT2D eigenvalue weighted by molar-refractivity contribution is 6.38. The van der Waals surface area contributed by atoms with Gasteiger partial charge in [-0.15, -0.1) is 0 Å². The molecule has 1 aromatic carbocycles. The molecule has 4 heterocycles. The van der Waals surface area contributed by atoms with Crippen molar-refractivity contribution in [2.75, 3.05) is 45.1 Å². The van der Waals surface area contributed by atoms with Gasteiger partial charge in [-0.1, -0.05) is 17.7 Å². The summed E-state index contributed by atoms with van der Waals surface area (Å²) >= 11 is 6.79. The van der Waals surface area contributed by atoms with Crippen LogP contribution in [0, 0.1) is 5.41 Å². The number of carbonyl (C=O) groups is 1. The van der Waals surface area contributed by atoms with Crippen molar-refractivity contribution in [3.8, 4) is 11.4 Å². The van der Waals surface area contributed by atoms with E-state index in [2.05, 4.69) is 30.5 Å². The van der Waals surface area contributed by atoms with Crippen molar-refractivity contribution in [1.82, 2.24) is 40.3 Å². The van der Waals surface area contributed by atoms with Crippen molar-refractivity contribution in [3.05, 3.63) is 47.4 Å². The SMILES string of the molecule is CC(C)(C)n1nc(-c2[nH]c3cc(C(=O)NC(=N)/C=C\NCCN4CCOCC4)ccc3c2Cl)c2c(N)ncnc21. The first-order valence-corrected chi connectivity index (χ1v) is 13.4. The number of nitrogens with one attached hydrogen (secondary N) is 4. The number of anilines is 1. The first-order valence-electron chi connectivity index (χ1n) is 13.0. The number of hydrogen-bond acceptors (Lipinski definition) is 9. The second kappa shape index (κ2) is 11.2. The van der Waals surface area contributed by atoms with Gasteiger partial charge in [0.05, 0.1) is 34.9 Å². The Morgan fingerprint density at radius 2 is 2.05 bits per heavy atom. The van der Waals surface area contributed by atoms with Gasteiger partial charge in [-0.3, -0.25) is 15.1 Å². The number of aromatic amines is 1. The molecule has 12 nitrogen and oxygen atoms in total. The average Bonchev–Trinajstić information content (AvgIpc) is 3.47. The van der Waals surface area contributed by atoms with Crippen LogP contribution in [-0.2, 0) is 10.3 Å². The number of nitrogens with zero attached hydrogens (tertiary/aromatic N) is 5. The zero-order chi connectivity index (χ0) is 28.4. The number of ether oxygens (including phenoxy) is 1. The predicted molar refractivity (Wildman–Crippen MR) is 157 cm³/mol. The molecule has 0 bridgehead atoms. The molecule has 0 aliphatic carbocycles. The second-order valence-electron chi connectivity index (χ2n) is 10.6. The summed E-state index contributed by atoms with van der Waals surface area (Å²) in [6.45, 7) is 11.1. The molecule has 0 atom stereocenters. The van der Waals surface area contributed by atoms with E-state index < -0.39 is 5.91 Å². The molecule has 5 rings (SSSR count). The number of aromatic nitrogens is 5. The maximum absolute atomic E-state index is 12.9. The fourth-order valence-corrected chi connectivity index (χ4v) is 4.90. The number of carbonyl (C=O) groups excluding carboxylic acids is 1. The smallest absolute Gasteiger partial charge is 0.256 e. The van der Waals surface area contributed by atoms with Crippen LogP contribution in [0.1, 0.15) is 31.1 Å². The number of nitrogens with two attached hydrogens (primary N) is 1. The van der Waals surface area contributed by atoms with Gasteiger partial charge < -0.3 is 26.1 Å². The van der Waals surface area contributed by atoms with E-state index in [1.165, 1.54) is 12.4 Å². The quantitative estimate of drug-likeness (QED) is 0.130. The van der Waals surface area contributed by atoms with Gasteiger partial charge in [-0.2, -0.15) is 5.10 Å². The Morgan fingerprint density at radius 1 is 1.27 bits per heavy atom. The fraction of sp³-hybridized carbons (Fsp3) is 0.370. The lowest BCUT2D eigenvalue weighted by Gasteiger charge is -2.26. The van der Waals surface area contributed by atoms with Gasteiger partial charge in [0.15, 0.2) is 5.65 Å². The minimum absolute atomic E-state index is 0.0242. The Morgan fingerprint density at radius 3 is 2.80 bits per heavy atom. The van der Waals surface area contributed by atoms with E-state index in [0.29, 0.717) is 44.3 Å². The molecule has 0 unspecified atom stereocenters. The zero-order valence-corrected chi connectivity index (χ0v) is 23.5. The molecular formula is C27H33ClN10O2. The summed E-state index contributed by atoms with van der Waals surface area (Å²) in [5.74, 6) is -0.131. The largest absolute Gasteiger partial charge is 0.389 e. The Labute approximate surface area is 236 Å². The molecule has 0 radical (unpaired) electrons. The van der Waals surface area contributed by atoms with E-state index >= 15 is 0 Å². The summed E-state index contributed by atoms with van der Waals surface area (Å²) < 4.78 is 7.15. The minimum Gasteiger partial charge on any atom is -0.389 e. The molecule has 13 heteroatoms. The Kier molecular flexibility index (Phi) is 7.74. The molecule has 0 spiro atoms. The van der Waals surface area contributed by atoms with Crippen molar-refractivity contribution in [3.63, 3.8) is 0 Å². The summed E-state index contributed by atoms with van der Waals surface area (Å²) in [5, 5.41) is 20.4. The number of H-pyrrole nitrogens is 1. The number of hydrogen-bond donors (Lipinski definition) is 5. The molecule has 1 saturated heterocycles. The van der Waals surface area contributed by atoms with E-state index in [1.54, 1.807) is 29.1 Å². The van der Waals surface area contributed by atoms with Crippen LogP contribution in [0.15, 0.2) is 36.8 Å². The zero-order valence-electron chi connectivity index (χ0n) is 22.7. The number of rotatable bonds is 7. The highest BCUT2D eigenvalue weighted by atomic mass is 35.5. The molecule has 3 aromatic heterocycles. The average molecular weight is 565 g/mol. The van der Waals surface area contributed by atoms with Gasteiger partial charge >= 0.3 is 0 Å². The monoisotopic (exact) mass is 564 g/mol. The first kappa shape index (κ1) is 27.6. The molecule has 1 fully saturated rings. The Balaban J connectivity index is 1.31. The van der Waals surface area contributed by atoms with Crippen LogP contribution in [0.2, 0.25) is 5.02 Å². The summed E-state index contributed by atoms with van der Waals surface area (Å²) in [5.41, 5.74) is 8.59. The summed E-state index contributed by atoms with van der Waals surface area (Å²) in [7, 11) is 0. The molecule has 6 N–H and O–H groups in total. The summed E-state index contributed by atoms with van der Waals surface area (Å²) in [4.78, 5) is 27.1. The lowest BCUT2D eigenvalue weighted by Crippen LogP contribution is -2.39. The van der Waals surface area contributed by atoms with Gasteiger partial charge in [0.25, 0.3) is 5.91 Å². The van der Waals surface area contributed by atoms with Gasteiger partial charge in [-0.25, -0.2) is 14.6 Å². The normalized spacial score (nSPS) is 14.8. The number of fused-ring (bicyclic) bond motifs is 2. The molecule has 40 heavy (non-hydrogen) atoms. The number of halogens is 1. The van der Waals surface area contributed by atoms with Crippen LogP contribution in [0.4, 0.5) is 5.82 Å². The second-order valence-corrected chi connectivity index (χ2v) is 11.0. The van der Waals surface area contributed by atoms with E-state index in [-0.39, 0.29) is 11.4 Å². The van der Waals surface area contributed by atoms with E-state index in [0.717, 1.165) is 44.8 Å². The third-order valence-electron chi connectivity index (χ3n) is 6.66. The summed E-state index contributed by atoms with van der Waals surface area (Å²) in [6, 6.07) is 5.13. The van der Waals surface area contributed by atoms with E-state index in [1.807, 2.05) is 20.8 Å². The van der Waals surface area contributed by atoms with Crippen LogP contribution < -0.4 is 16.4 Å². The van der Waals surface area contributed by atoms with Crippen molar-refractivity contribution in [1.29, 1.82) is 5.41 Å². The maximum Gasteiger partial charge on any atom is 0.256 e. The number of morpholine rings is 1. The van der Waals surface area contributed by atoms with Crippen molar-refractivity contribution in [2.45, 2.75) is 26.3 Å². The molecule has 210 valence electrons. The fourth-order valence-electron chi connectivity index (χ4n) is 4.59. The number of nitrogen functional groups attached to an aromatic ring is 1. The van der Waals surface area contributed by atoms with E-state index in [4.69, 9.17) is 32.6 Å². The molecule has 0 saturated carbocycles. The molecule has 1 aliphatic rings. The minimum atomic E-state index is -0.405. The third kappa shape index (κ3) is 5.64. The van der Waals surface area contributed by atoms with Gasteiger partial charge in [0.2, 0.25) is 0 Å². The van der Waals surface area contributed by atoms with Gasteiger partial charge in [0.1, 0.15) is 23.7 Å². The van der Waals surface area contributed by atoms with Crippen LogP contribution in [0.5, 0.6) is 0 Å². The summed E-state index contributed by atoms with van der Waals surface area (Å²) in [6.07, 6.45) is 4.60. The van der Waals surface area contributed by atoms with Crippen molar-refractivity contribution >= 4 is 51.1 Å². The highest BCUT2D eigenvalue weighted by Gasteiger charge is 2.26. The predicted octanol–water partition coefficient (Wildman–Crippen LogP) is 3.11. The van der Waals surface area contributed by atoms with Crippen molar-refractivity contribution in [2.24, 2.45) is 0 Å². The first-order chi connectivity index (χ1) is 19.1. The number of benzene rings is 1. The van der Waals surface area contributed by atoms with Crippen molar-refractivity contribution < 1.29 is 9.53 Å². The van der Waals surface area contributed by atoms with Crippen LogP contribution in [-0.4, -0.2) is 80.8 Å². The number of amides is 1. The molecule has 4 aromatic rings. The van der Waals surface area contributed by atoms with Gasteiger partial charge in [0, 0.05) is 48.8 Å². The third-order valence-corrected chi connectivity index (χ3v) is 7.05. The Hall–Kier alpha value is -4.00. The van der Waals surface area contributed by atoms with Crippen LogP contribution in [0.25, 0.3) is 33.3 Å². The Bertz CT molecular complexity index is 1590. The number of amidine groups is 1. The molecule has 1 amide bonds.